The van der Waals surface area contributed by atoms with Crippen molar-refractivity contribution < 1.29 is 47.6 Å². The summed E-state index contributed by atoms with van der Waals surface area (Å²) < 4.78 is 49.7. The van der Waals surface area contributed by atoms with Crippen LogP contribution in [0.2, 0.25) is 0 Å². The summed E-state index contributed by atoms with van der Waals surface area (Å²) in [5.74, 6) is 1.65. The maximum Gasteiger partial charge on any atom is 0.360 e. The number of carbonyl (C=O) groups excluding carboxylic acids is 1. The van der Waals surface area contributed by atoms with Crippen LogP contribution >= 0.6 is 0 Å². The fraction of sp³-hybridized carbons (Fsp3) is 0.250. The summed E-state index contributed by atoms with van der Waals surface area (Å²) in [6.07, 6.45) is 0. The molecular formula is C16H17ClO8. The largest absolute Gasteiger partial charge is 0.497 e. The first kappa shape index (κ1) is 20.8. The molecule has 0 saturated carbocycles. The van der Waals surface area contributed by atoms with Crippen molar-refractivity contribution in [2.75, 3.05) is 13.7 Å². The minimum absolute atomic E-state index is 0.346. The molecule has 0 spiro atoms. The monoisotopic (exact) mass is 372 g/mol. The van der Waals surface area contributed by atoms with Gasteiger partial charge in [0.05, 0.1) is 26.2 Å². The van der Waals surface area contributed by atoms with E-state index in [4.69, 9.17) is 32.5 Å². The second kappa shape index (κ2) is 9.30. The van der Waals surface area contributed by atoms with Gasteiger partial charge in [0.2, 0.25) is 0 Å². The van der Waals surface area contributed by atoms with E-state index in [0.29, 0.717) is 23.7 Å². The third-order valence-electron chi connectivity index (χ3n) is 2.91. The number of rotatable bonds is 4. The van der Waals surface area contributed by atoms with Crippen molar-refractivity contribution in [1.82, 2.24) is 0 Å². The van der Waals surface area contributed by atoms with Gasteiger partial charge in [-0.05, 0) is 37.3 Å². The van der Waals surface area contributed by atoms with Crippen LogP contribution in [0.15, 0.2) is 40.8 Å². The predicted molar refractivity (Wildman–Crippen MR) is 75.8 cm³/mol. The summed E-state index contributed by atoms with van der Waals surface area (Å²) >= 11 is 0. The van der Waals surface area contributed by atoms with Crippen molar-refractivity contribution in [2.45, 2.75) is 13.8 Å². The van der Waals surface area contributed by atoms with Gasteiger partial charge >= 0.3 is 17.5 Å². The Hall–Kier alpha value is -2.23. The van der Waals surface area contributed by atoms with Crippen LogP contribution in [0.1, 0.15) is 23.0 Å². The van der Waals surface area contributed by atoms with Gasteiger partial charge in [0.15, 0.2) is 5.56 Å². The van der Waals surface area contributed by atoms with Crippen molar-refractivity contribution in [3.05, 3.63) is 47.7 Å². The second-order valence-corrected chi connectivity index (χ2v) is 5.35. The highest BCUT2D eigenvalue weighted by Gasteiger charge is 2.22. The third kappa shape index (κ3) is 7.46. The number of hydrogen-bond acceptors (Lipinski definition) is 7. The molecule has 25 heavy (non-hydrogen) atoms. The summed E-state index contributed by atoms with van der Waals surface area (Å²) in [4.78, 5) is 11.7. The lowest BCUT2D eigenvalue weighted by Gasteiger charge is -2.17. The summed E-state index contributed by atoms with van der Waals surface area (Å²) in [6.45, 7) is 3.87. The molecule has 1 aromatic carbocycles. The molecular weight excluding hydrogens is 356 g/mol. The fourth-order valence-corrected chi connectivity index (χ4v) is 1.86. The van der Waals surface area contributed by atoms with Crippen LogP contribution < -0.4 is 23.4 Å². The van der Waals surface area contributed by atoms with Gasteiger partial charge in [-0.15, -0.1) is 10.2 Å². The summed E-state index contributed by atoms with van der Waals surface area (Å²) in [5.41, 5.74) is 1.37. The number of benzene rings is 1. The van der Waals surface area contributed by atoms with Gasteiger partial charge in [-0.1, -0.05) is 0 Å². The standard InChI is InChI=1S/C16H17O4.ClHO4/c1-4-19-16(17)14-9-10-15(20-11(14)2)12-5-7-13(18-3)8-6-12;2-1(3,4)5/h5-10H,4H2,1-3H3;(H,2,3,4,5)/q+1;/p-1. The molecule has 0 radical (unpaired) electrons. The highest BCUT2D eigenvalue weighted by Crippen LogP contribution is 2.24. The first-order valence-corrected chi connectivity index (χ1v) is 8.26. The number of methoxy groups -OCH3 is 1. The highest BCUT2D eigenvalue weighted by atomic mass is 35.7. The van der Waals surface area contributed by atoms with Crippen LogP contribution in [0.25, 0.3) is 11.3 Å². The summed E-state index contributed by atoms with van der Waals surface area (Å²) in [5, 5.41) is 0. The van der Waals surface area contributed by atoms with E-state index in [-0.39, 0.29) is 5.97 Å². The number of esters is 1. The molecule has 2 rings (SSSR count). The first-order chi connectivity index (χ1) is 11.7. The second-order valence-electron chi connectivity index (χ2n) is 4.60. The van der Waals surface area contributed by atoms with Crippen LogP contribution in [0.3, 0.4) is 0 Å². The smallest absolute Gasteiger partial charge is 0.360 e. The topological polar surface area (TPSA) is 139 Å². The van der Waals surface area contributed by atoms with E-state index in [0.717, 1.165) is 11.3 Å². The number of carbonyl (C=O) groups is 1. The molecule has 0 N–H and O–H groups in total. The molecule has 2 aromatic rings. The van der Waals surface area contributed by atoms with E-state index < -0.39 is 10.2 Å². The zero-order valence-corrected chi connectivity index (χ0v) is 14.6. The third-order valence-corrected chi connectivity index (χ3v) is 2.91. The minimum Gasteiger partial charge on any atom is -0.497 e. The highest BCUT2D eigenvalue weighted by molar-refractivity contribution is 5.90. The van der Waals surface area contributed by atoms with Gasteiger partial charge in [-0.3, -0.25) is 0 Å². The van der Waals surface area contributed by atoms with E-state index in [1.165, 1.54) is 0 Å². The van der Waals surface area contributed by atoms with Crippen molar-refractivity contribution >= 4 is 5.97 Å². The molecule has 0 atom stereocenters. The molecule has 0 aliphatic carbocycles. The van der Waals surface area contributed by atoms with E-state index in [9.17, 15) is 4.79 Å². The number of aryl methyl sites for hydroxylation is 1. The zero-order chi connectivity index (χ0) is 19.0. The Morgan fingerprint density at radius 1 is 1.08 bits per heavy atom. The van der Waals surface area contributed by atoms with Gasteiger partial charge in [-0.2, -0.15) is 0 Å². The Bertz CT molecular complexity index is 688. The molecule has 0 bridgehead atoms. The molecule has 0 unspecified atom stereocenters. The van der Waals surface area contributed by atoms with Crippen LogP contribution in [0.4, 0.5) is 0 Å². The normalized spacial score (nSPS) is 10.5. The molecule has 8 nitrogen and oxygen atoms in total. The Kier molecular flexibility index (Phi) is 7.75. The summed E-state index contributed by atoms with van der Waals surface area (Å²) in [7, 11) is -3.32. The quantitative estimate of drug-likeness (QED) is 0.490. The molecule has 0 aliphatic rings. The molecule has 1 aromatic heterocycles. The number of ether oxygens (including phenoxy) is 2. The molecule has 1 heterocycles. The Labute approximate surface area is 146 Å². The van der Waals surface area contributed by atoms with E-state index in [1.54, 1.807) is 33.1 Å². The molecule has 0 amide bonds. The van der Waals surface area contributed by atoms with Crippen LogP contribution in [0.5, 0.6) is 5.75 Å². The van der Waals surface area contributed by atoms with E-state index in [2.05, 4.69) is 0 Å². The van der Waals surface area contributed by atoms with Gasteiger partial charge in [-0.25, -0.2) is 27.8 Å². The number of hydrogen-bond donors (Lipinski definition) is 0. The van der Waals surface area contributed by atoms with Crippen LogP contribution in [-0.2, 0) is 4.74 Å². The van der Waals surface area contributed by atoms with Gasteiger partial charge in [0.1, 0.15) is 5.75 Å². The van der Waals surface area contributed by atoms with E-state index >= 15 is 0 Å². The predicted octanol–water partition coefficient (Wildman–Crippen LogP) is -1.03. The first-order valence-electron chi connectivity index (χ1n) is 7.02. The van der Waals surface area contributed by atoms with Crippen LogP contribution in [-0.4, -0.2) is 19.7 Å². The van der Waals surface area contributed by atoms with Gasteiger partial charge < -0.3 is 9.47 Å². The molecule has 0 aliphatic heterocycles. The average Bonchev–Trinajstić information content (AvgIpc) is 2.53. The minimum atomic E-state index is -4.94. The number of halogens is 1. The Morgan fingerprint density at radius 2 is 1.64 bits per heavy atom. The van der Waals surface area contributed by atoms with Gasteiger partial charge in [0.25, 0.3) is 0 Å². The van der Waals surface area contributed by atoms with Crippen molar-refractivity contribution in [1.29, 1.82) is 0 Å². The lowest BCUT2D eigenvalue weighted by Crippen LogP contribution is -2.68. The lowest BCUT2D eigenvalue weighted by atomic mass is 10.1. The van der Waals surface area contributed by atoms with Crippen molar-refractivity contribution in [3.63, 3.8) is 0 Å². The molecule has 0 saturated heterocycles. The van der Waals surface area contributed by atoms with Crippen molar-refractivity contribution in [2.24, 2.45) is 0 Å². The average molecular weight is 373 g/mol. The molecule has 0 fully saturated rings. The zero-order valence-electron chi connectivity index (χ0n) is 13.8. The van der Waals surface area contributed by atoms with E-state index in [1.807, 2.05) is 24.3 Å². The maximum atomic E-state index is 11.7. The maximum absolute atomic E-state index is 11.7. The molecule has 9 heteroatoms. The van der Waals surface area contributed by atoms with Crippen LogP contribution in [0, 0.1) is 17.2 Å². The summed E-state index contributed by atoms with van der Waals surface area (Å²) in [6, 6.07) is 11.0. The van der Waals surface area contributed by atoms with Crippen molar-refractivity contribution in [3.8, 4) is 17.1 Å². The Balaban J connectivity index is 0.000000550. The van der Waals surface area contributed by atoms with Gasteiger partial charge in [0, 0.05) is 6.07 Å². The molecule has 136 valence electrons. The Morgan fingerprint density at radius 3 is 2.08 bits per heavy atom. The lowest BCUT2D eigenvalue weighted by molar-refractivity contribution is -2.00. The SMILES string of the molecule is CCOC(=O)c1ccc(-c2ccc(OC)cc2)[o+]c1C.[O-][Cl+3]([O-])([O-])[O-]. The fourth-order valence-electron chi connectivity index (χ4n) is 1.86.